The molecule has 1 rings (SSSR count). The van der Waals surface area contributed by atoms with Crippen molar-refractivity contribution in [1.82, 2.24) is 0 Å². The van der Waals surface area contributed by atoms with Crippen LogP contribution in [0.5, 0.6) is 0 Å². The first-order valence-electron chi connectivity index (χ1n) is 4.10. The third-order valence-corrected chi connectivity index (χ3v) is 3.20. The molecule has 1 aliphatic rings. The van der Waals surface area contributed by atoms with Crippen LogP contribution < -0.4 is 0 Å². The predicted molar refractivity (Wildman–Crippen MR) is 47.7 cm³/mol. The van der Waals surface area contributed by atoms with Crippen LogP contribution in [0.25, 0.3) is 0 Å². The second-order valence-corrected chi connectivity index (χ2v) is 4.86. The standard InChI is InChI=1S/C8H12O4S/c1-2-12-8(9)5-7-3-4-13(10,11)6-7/h3-4,7H,2,5-6H2,1H3. The molecule has 0 aromatic rings. The van der Waals surface area contributed by atoms with Gasteiger partial charge in [-0.1, -0.05) is 6.08 Å². The predicted octanol–water partition coefficient (Wildman–Crippen LogP) is 0.498. The van der Waals surface area contributed by atoms with E-state index < -0.39 is 9.84 Å². The fourth-order valence-corrected chi connectivity index (χ4v) is 2.60. The summed E-state index contributed by atoms with van der Waals surface area (Å²) in [6.45, 7) is 2.06. The lowest BCUT2D eigenvalue weighted by Crippen LogP contribution is -2.13. The van der Waals surface area contributed by atoms with Crippen molar-refractivity contribution in [3.8, 4) is 0 Å². The number of rotatable bonds is 3. The molecule has 0 aliphatic carbocycles. The highest BCUT2D eigenvalue weighted by atomic mass is 32.2. The van der Waals surface area contributed by atoms with Crippen molar-refractivity contribution in [3.05, 3.63) is 11.5 Å². The Balaban J connectivity index is 2.42. The number of sulfone groups is 1. The highest BCUT2D eigenvalue weighted by Gasteiger charge is 2.24. The Bertz CT molecular complexity index is 315. The molecule has 1 heterocycles. The van der Waals surface area contributed by atoms with Crippen molar-refractivity contribution in [1.29, 1.82) is 0 Å². The Labute approximate surface area is 77.5 Å². The van der Waals surface area contributed by atoms with E-state index in [9.17, 15) is 13.2 Å². The molecule has 74 valence electrons. The minimum absolute atomic E-state index is 0.0335. The zero-order valence-corrected chi connectivity index (χ0v) is 8.21. The lowest BCUT2D eigenvalue weighted by atomic mass is 10.1. The molecule has 13 heavy (non-hydrogen) atoms. The van der Waals surface area contributed by atoms with E-state index >= 15 is 0 Å². The highest BCUT2D eigenvalue weighted by molar-refractivity contribution is 7.94. The van der Waals surface area contributed by atoms with Crippen LogP contribution in [0.2, 0.25) is 0 Å². The van der Waals surface area contributed by atoms with E-state index in [1.807, 2.05) is 0 Å². The molecule has 0 saturated heterocycles. The van der Waals surface area contributed by atoms with Crippen molar-refractivity contribution >= 4 is 15.8 Å². The second kappa shape index (κ2) is 3.91. The number of carbonyl (C=O) groups is 1. The summed E-state index contributed by atoms with van der Waals surface area (Å²) in [6, 6.07) is 0. The summed E-state index contributed by atoms with van der Waals surface area (Å²) in [6.07, 6.45) is 1.70. The molecule has 0 radical (unpaired) electrons. The van der Waals surface area contributed by atoms with E-state index in [0.29, 0.717) is 6.61 Å². The Morgan fingerprint density at radius 1 is 1.62 bits per heavy atom. The molecule has 0 bridgehead atoms. The average molecular weight is 204 g/mol. The van der Waals surface area contributed by atoms with Crippen molar-refractivity contribution < 1.29 is 17.9 Å². The van der Waals surface area contributed by atoms with Gasteiger partial charge in [0.05, 0.1) is 18.8 Å². The van der Waals surface area contributed by atoms with E-state index in [4.69, 9.17) is 4.74 Å². The van der Waals surface area contributed by atoms with Crippen molar-refractivity contribution in [2.24, 2.45) is 5.92 Å². The minimum Gasteiger partial charge on any atom is -0.466 e. The average Bonchev–Trinajstić information content (AvgIpc) is 2.30. The smallest absolute Gasteiger partial charge is 0.306 e. The Hall–Kier alpha value is -0.840. The van der Waals surface area contributed by atoms with Crippen LogP contribution in [-0.2, 0) is 19.4 Å². The zero-order valence-electron chi connectivity index (χ0n) is 7.39. The van der Waals surface area contributed by atoms with Crippen LogP contribution in [0.3, 0.4) is 0 Å². The summed E-state index contributed by atoms with van der Waals surface area (Å²) >= 11 is 0. The number of esters is 1. The normalized spacial score (nSPS) is 24.5. The molecule has 1 aliphatic heterocycles. The molecule has 0 aromatic heterocycles. The van der Waals surface area contributed by atoms with Gasteiger partial charge in [0.15, 0.2) is 9.84 Å². The minimum atomic E-state index is -3.04. The number of hydrogen-bond acceptors (Lipinski definition) is 4. The molecular formula is C8H12O4S. The molecule has 1 unspecified atom stereocenters. The molecule has 0 aromatic carbocycles. The summed E-state index contributed by atoms with van der Waals surface area (Å²) in [7, 11) is -3.04. The first-order chi connectivity index (χ1) is 6.03. The molecule has 0 saturated carbocycles. The van der Waals surface area contributed by atoms with Gasteiger partial charge in [0.2, 0.25) is 0 Å². The van der Waals surface area contributed by atoms with Gasteiger partial charge in [-0.25, -0.2) is 8.42 Å². The van der Waals surface area contributed by atoms with Crippen LogP contribution in [-0.4, -0.2) is 26.7 Å². The summed E-state index contributed by atoms with van der Waals surface area (Å²) in [5, 5.41) is 1.16. The van der Waals surface area contributed by atoms with Crippen molar-refractivity contribution in [3.63, 3.8) is 0 Å². The molecule has 0 N–H and O–H groups in total. The van der Waals surface area contributed by atoms with Gasteiger partial charge in [-0.3, -0.25) is 4.79 Å². The van der Waals surface area contributed by atoms with E-state index in [-0.39, 0.29) is 24.1 Å². The van der Waals surface area contributed by atoms with E-state index in [2.05, 4.69) is 0 Å². The number of ether oxygens (including phenoxy) is 1. The van der Waals surface area contributed by atoms with Crippen LogP contribution in [0.1, 0.15) is 13.3 Å². The first kappa shape index (κ1) is 10.2. The van der Waals surface area contributed by atoms with E-state index in [0.717, 1.165) is 5.41 Å². The SMILES string of the molecule is CCOC(=O)CC1C=CS(=O)(=O)C1. The van der Waals surface area contributed by atoms with Crippen molar-refractivity contribution in [2.75, 3.05) is 12.4 Å². The van der Waals surface area contributed by atoms with Gasteiger partial charge < -0.3 is 4.74 Å². The molecular weight excluding hydrogens is 192 g/mol. The lowest BCUT2D eigenvalue weighted by Gasteiger charge is -2.04. The fourth-order valence-electron chi connectivity index (χ4n) is 1.20. The highest BCUT2D eigenvalue weighted by Crippen LogP contribution is 2.18. The quantitative estimate of drug-likeness (QED) is 0.628. The van der Waals surface area contributed by atoms with Crippen LogP contribution in [0.4, 0.5) is 0 Å². The van der Waals surface area contributed by atoms with Gasteiger partial charge in [-0.15, -0.1) is 0 Å². The third kappa shape index (κ3) is 3.18. The van der Waals surface area contributed by atoms with E-state index in [1.165, 1.54) is 0 Å². The van der Waals surface area contributed by atoms with Crippen LogP contribution >= 0.6 is 0 Å². The van der Waals surface area contributed by atoms with E-state index in [1.54, 1.807) is 13.0 Å². The molecule has 1 atom stereocenters. The third-order valence-electron chi connectivity index (χ3n) is 1.74. The maximum Gasteiger partial charge on any atom is 0.306 e. The van der Waals surface area contributed by atoms with Gasteiger partial charge in [-0.2, -0.15) is 0 Å². The summed E-state index contributed by atoms with van der Waals surface area (Å²) in [5.74, 6) is -0.510. The Morgan fingerprint density at radius 3 is 2.77 bits per heavy atom. The van der Waals surface area contributed by atoms with Gasteiger partial charge in [0.1, 0.15) is 0 Å². The summed E-state index contributed by atoms with van der Waals surface area (Å²) in [5.41, 5.74) is 0. The molecule has 5 heteroatoms. The maximum atomic E-state index is 11.0. The van der Waals surface area contributed by atoms with Crippen LogP contribution in [0.15, 0.2) is 11.5 Å². The molecule has 0 fully saturated rings. The van der Waals surface area contributed by atoms with Gasteiger partial charge in [0, 0.05) is 11.3 Å². The summed E-state index contributed by atoms with van der Waals surface area (Å²) < 4.78 is 26.6. The molecule has 0 amide bonds. The topological polar surface area (TPSA) is 60.4 Å². The first-order valence-corrected chi connectivity index (χ1v) is 5.81. The molecule has 4 nitrogen and oxygen atoms in total. The van der Waals surface area contributed by atoms with Gasteiger partial charge in [0.25, 0.3) is 0 Å². The van der Waals surface area contributed by atoms with Gasteiger partial charge >= 0.3 is 5.97 Å². The van der Waals surface area contributed by atoms with Crippen LogP contribution in [0, 0.1) is 5.92 Å². The Kier molecular flexibility index (Phi) is 3.08. The largest absolute Gasteiger partial charge is 0.466 e. The monoisotopic (exact) mass is 204 g/mol. The van der Waals surface area contributed by atoms with Gasteiger partial charge in [-0.05, 0) is 6.92 Å². The molecule has 0 spiro atoms. The Morgan fingerprint density at radius 2 is 2.31 bits per heavy atom. The maximum absolute atomic E-state index is 11.0. The lowest BCUT2D eigenvalue weighted by molar-refractivity contribution is -0.143. The number of hydrogen-bond donors (Lipinski definition) is 0. The number of allylic oxidation sites excluding steroid dienone is 1. The van der Waals surface area contributed by atoms with Crippen molar-refractivity contribution in [2.45, 2.75) is 13.3 Å². The number of carbonyl (C=O) groups excluding carboxylic acids is 1. The second-order valence-electron chi connectivity index (χ2n) is 2.93. The zero-order chi connectivity index (χ0) is 9.90. The fraction of sp³-hybridized carbons (Fsp3) is 0.625. The summed E-state index contributed by atoms with van der Waals surface area (Å²) in [4.78, 5) is 11.0.